The minimum Gasteiger partial charge on any atom is -0.396 e. The molecule has 1 heterocycles. The maximum Gasteiger partial charge on any atom is 0.222 e. The van der Waals surface area contributed by atoms with Gasteiger partial charge in [0.1, 0.15) is 0 Å². The molecule has 0 unspecified atom stereocenters. The molecule has 1 N–H and O–H groups in total. The number of aromatic nitrogens is 1. The van der Waals surface area contributed by atoms with Crippen LogP contribution in [0.3, 0.4) is 0 Å². The van der Waals surface area contributed by atoms with E-state index >= 15 is 0 Å². The summed E-state index contributed by atoms with van der Waals surface area (Å²) in [5, 5.41) is 9.61. The summed E-state index contributed by atoms with van der Waals surface area (Å²) < 4.78 is 0. The maximum absolute atomic E-state index is 12.2. The van der Waals surface area contributed by atoms with Crippen molar-refractivity contribution in [2.45, 2.75) is 38.5 Å². The van der Waals surface area contributed by atoms with Crippen LogP contribution < -0.4 is 0 Å². The first kappa shape index (κ1) is 15.0. The van der Waals surface area contributed by atoms with Crippen LogP contribution in [0.5, 0.6) is 0 Å². The molecule has 0 spiro atoms. The fourth-order valence-corrected chi connectivity index (χ4v) is 3.07. The fraction of sp³-hybridized carbons (Fsp3) is 0.625. The minimum atomic E-state index is -0.0545. The van der Waals surface area contributed by atoms with E-state index in [4.69, 9.17) is 0 Å². The standard InChI is InChI=1S/C16H24N2O2/c1-18(12-16(13-19)8-2-3-9-16)15(20)5-4-14-6-10-17-11-7-14/h6-7,10-11,19H,2-5,8-9,12-13H2,1H3. The Kier molecular flexibility index (Phi) is 5.12. The molecule has 1 aromatic heterocycles. The molecule has 1 fully saturated rings. The molecular formula is C16H24N2O2. The molecule has 1 aliphatic carbocycles. The van der Waals surface area contributed by atoms with Gasteiger partial charge in [0, 0.05) is 37.8 Å². The predicted molar refractivity (Wildman–Crippen MR) is 78.2 cm³/mol. The van der Waals surface area contributed by atoms with Crippen LogP contribution in [0.15, 0.2) is 24.5 Å². The molecule has 0 radical (unpaired) electrons. The van der Waals surface area contributed by atoms with Crippen molar-refractivity contribution in [2.75, 3.05) is 20.2 Å². The number of pyridine rings is 1. The van der Waals surface area contributed by atoms with Crippen molar-refractivity contribution >= 4 is 5.91 Å². The van der Waals surface area contributed by atoms with E-state index in [1.165, 1.54) is 12.8 Å². The van der Waals surface area contributed by atoms with Crippen molar-refractivity contribution < 1.29 is 9.90 Å². The number of aliphatic hydroxyl groups is 1. The Morgan fingerprint density at radius 3 is 2.60 bits per heavy atom. The van der Waals surface area contributed by atoms with Crippen LogP contribution in [0, 0.1) is 5.41 Å². The zero-order valence-corrected chi connectivity index (χ0v) is 12.2. The van der Waals surface area contributed by atoms with Crippen LogP contribution in [-0.4, -0.2) is 41.1 Å². The lowest BCUT2D eigenvalue weighted by Crippen LogP contribution is -2.39. The topological polar surface area (TPSA) is 53.4 Å². The molecule has 2 rings (SSSR count). The molecule has 1 saturated carbocycles. The number of nitrogens with zero attached hydrogens (tertiary/aromatic N) is 2. The number of hydrogen-bond acceptors (Lipinski definition) is 3. The van der Waals surface area contributed by atoms with Crippen LogP contribution >= 0.6 is 0 Å². The SMILES string of the molecule is CN(CC1(CO)CCCC1)C(=O)CCc1ccncc1. The highest BCUT2D eigenvalue weighted by atomic mass is 16.3. The molecule has 1 aliphatic rings. The van der Waals surface area contributed by atoms with Gasteiger partial charge in [-0.15, -0.1) is 0 Å². The molecule has 0 aliphatic heterocycles. The fourth-order valence-electron chi connectivity index (χ4n) is 3.07. The van der Waals surface area contributed by atoms with Gasteiger partial charge in [-0.3, -0.25) is 9.78 Å². The third kappa shape index (κ3) is 3.79. The molecule has 0 atom stereocenters. The normalized spacial score (nSPS) is 17.1. The molecule has 1 aromatic rings. The van der Waals surface area contributed by atoms with Crippen molar-refractivity contribution in [2.24, 2.45) is 5.41 Å². The number of rotatable bonds is 6. The highest BCUT2D eigenvalue weighted by Crippen LogP contribution is 2.38. The van der Waals surface area contributed by atoms with E-state index in [0.29, 0.717) is 13.0 Å². The molecule has 20 heavy (non-hydrogen) atoms. The Labute approximate surface area is 120 Å². The summed E-state index contributed by atoms with van der Waals surface area (Å²) in [5.41, 5.74) is 1.08. The second kappa shape index (κ2) is 6.84. The average molecular weight is 276 g/mol. The second-order valence-electron chi connectivity index (χ2n) is 5.97. The highest BCUT2D eigenvalue weighted by Gasteiger charge is 2.35. The van der Waals surface area contributed by atoms with Gasteiger partial charge in [0.05, 0.1) is 6.61 Å². The summed E-state index contributed by atoms with van der Waals surface area (Å²) in [4.78, 5) is 18.0. The van der Waals surface area contributed by atoms with E-state index in [2.05, 4.69) is 4.98 Å². The van der Waals surface area contributed by atoms with Crippen molar-refractivity contribution in [1.29, 1.82) is 0 Å². The van der Waals surface area contributed by atoms with Gasteiger partial charge in [0.15, 0.2) is 0 Å². The molecule has 110 valence electrons. The number of aryl methyl sites for hydroxylation is 1. The number of aliphatic hydroxyl groups excluding tert-OH is 1. The Hall–Kier alpha value is -1.42. The van der Waals surface area contributed by atoms with Gasteiger partial charge in [-0.1, -0.05) is 12.8 Å². The predicted octanol–water partition coefficient (Wildman–Crippen LogP) is 2.03. The molecule has 4 nitrogen and oxygen atoms in total. The maximum atomic E-state index is 12.2. The monoisotopic (exact) mass is 276 g/mol. The largest absolute Gasteiger partial charge is 0.396 e. The van der Waals surface area contributed by atoms with Crippen LogP contribution in [-0.2, 0) is 11.2 Å². The lowest BCUT2D eigenvalue weighted by Gasteiger charge is -2.31. The second-order valence-corrected chi connectivity index (χ2v) is 5.97. The van der Waals surface area contributed by atoms with Crippen molar-refractivity contribution in [3.8, 4) is 0 Å². The summed E-state index contributed by atoms with van der Waals surface area (Å²) in [7, 11) is 1.85. The summed E-state index contributed by atoms with van der Waals surface area (Å²) in [6.45, 7) is 0.869. The molecule has 0 saturated heterocycles. The zero-order valence-electron chi connectivity index (χ0n) is 12.2. The summed E-state index contributed by atoms with van der Waals surface area (Å²) in [6, 6.07) is 3.89. The Morgan fingerprint density at radius 2 is 2.00 bits per heavy atom. The van der Waals surface area contributed by atoms with Gasteiger partial charge in [-0.05, 0) is 37.0 Å². The van der Waals surface area contributed by atoms with Crippen molar-refractivity contribution in [3.63, 3.8) is 0 Å². The lowest BCUT2D eigenvalue weighted by atomic mass is 9.86. The smallest absolute Gasteiger partial charge is 0.222 e. The first-order chi connectivity index (χ1) is 9.65. The zero-order chi connectivity index (χ0) is 14.4. The van der Waals surface area contributed by atoms with E-state index < -0.39 is 0 Å². The molecule has 4 heteroatoms. The summed E-state index contributed by atoms with van der Waals surface area (Å²) in [6.07, 6.45) is 9.17. The number of hydrogen-bond donors (Lipinski definition) is 1. The van der Waals surface area contributed by atoms with Gasteiger partial charge >= 0.3 is 0 Å². The van der Waals surface area contributed by atoms with Crippen LogP contribution in [0.2, 0.25) is 0 Å². The van der Waals surface area contributed by atoms with Gasteiger partial charge in [0.2, 0.25) is 5.91 Å². The van der Waals surface area contributed by atoms with E-state index in [1.54, 1.807) is 17.3 Å². The molecule has 0 bridgehead atoms. The Bertz CT molecular complexity index is 427. The van der Waals surface area contributed by atoms with Crippen molar-refractivity contribution in [3.05, 3.63) is 30.1 Å². The van der Waals surface area contributed by atoms with Gasteiger partial charge in [-0.2, -0.15) is 0 Å². The summed E-state index contributed by atoms with van der Waals surface area (Å²) >= 11 is 0. The van der Waals surface area contributed by atoms with Crippen LogP contribution in [0.25, 0.3) is 0 Å². The molecule has 0 aromatic carbocycles. The Balaban J connectivity index is 1.83. The number of carbonyl (C=O) groups excluding carboxylic acids is 1. The van der Waals surface area contributed by atoms with E-state index in [9.17, 15) is 9.90 Å². The lowest BCUT2D eigenvalue weighted by molar-refractivity contribution is -0.131. The van der Waals surface area contributed by atoms with Crippen LogP contribution in [0.4, 0.5) is 0 Å². The van der Waals surface area contributed by atoms with Crippen LogP contribution in [0.1, 0.15) is 37.7 Å². The quantitative estimate of drug-likeness (QED) is 0.865. The third-order valence-electron chi connectivity index (χ3n) is 4.37. The van der Waals surface area contributed by atoms with Gasteiger partial charge in [-0.25, -0.2) is 0 Å². The third-order valence-corrected chi connectivity index (χ3v) is 4.37. The van der Waals surface area contributed by atoms with Crippen molar-refractivity contribution in [1.82, 2.24) is 9.88 Å². The molecule has 1 amide bonds. The number of amides is 1. The first-order valence-electron chi connectivity index (χ1n) is 7.39. The highest BCUT2D eigenvalue weighted by molar-refractivity contribution is 5.76. The van der Waals surface area contributed by atoms with Gasteiger partial charge in [0.25, 0.3) is 0 Å². The van der Waals surface area contributed by atoms with Gasteiger partial charge < -0.3 is 10.0 Å². The van der Waals surface area contributed by atoms with E-state index in [0.717, 1.165) is 24.8 Å². The average Bonchev–Trinajstić information content (AvgIpc) is 2.95. The van der Waals surface area contributed by atoms with E-state index in [-0.39, 0.29) is 17.9 Å². The first-order valence-corrected chi connectivity index (χ1v) is 7.39. The summed E-state index contributed by atoms with van der Waals surface area (Å²) in [5.74, 6) is 0.154. The molecular weight excluding hydrogens is 252 g/mol. The Morgan fingerprint density at radius 1 is 1.35 bits per heavy atom. The minimum absolute atomic E-state index is 0.0545. The van der Waals surface area contributed by atoms with E-state index in [1.807, 2.05) is 19.2 Å². The number of carbonyl (C=O) groups is 1.